The standard InChI is InChI=1S/C34H46N2O3/c1-4-20-35-22-19-33-30-26-15-16-28(37)31(30)39-32(33)27(17-18-34(33,38)29(35)23-26)36(24(2)3)21-11-6-5-8-12-25-13-9-7-10-14-25/h4,7,9-10,13-16,24,27,29,32,37-38H,1,5-6,8,11-12,17-23H2,2-3H3/t27-,29+,32-,33-,34+/m0/s1. The summed E-state index contributed by atoms with van der Waals surface area (Å²) in [4.78, 5) is 5.08. The molecule has 210 valence electrons. The van der Waals surface area contributed by atoms with Gasteiger partial charge in [-0.3, -0.25) is 9.80 Å². The molecule has 2 aromatic carbocycles. The Morgan fingerprint density at radius 3 is 2.67 bits per heavy atom. The summed E-state index contributed by atoms with van der Waals surface area (Å²) in [6.45, 7) is 11.4. The average molecular weight is 531 g/mol. The summed E-state index contributed by atoms with van der Waals surface area (Å²) in [7, 11) is 0. The molecule has 39 heavy (non-hydrogen) atoms. The van der Waals surface area contributed by atoms with Crippen molar-refractivity contribution < 1.29 is 14.9 Å². The van der Waals surface area contributed by atoms with Crippen molar-refractivity contribution in [1.29, 1.82) is 0 Å². The zero-order valence-corrected chi connectivity index (χ0v) is 23.8. The molecule has 0 unspecified atom stereocenters. The second-order valence-electron chi connectivity index (χ2n) is 12.7. The molecule has 2 fully saturated rings. The third-order valence-corrected chi connectivity index (χ3v) is 10.5. The molecule has 2 aliphatic heterocycles. The number of aryl methyl sites for hydroxylation is 1. The van der Waals surface area contributed by atoms with Gasteiger partial charge in [-0.05, 0) is 89.1 Å². The van der Waals surface area contributed by atoms with E-state index in [1.807, 2.05) is 6.08 Å². The highest BCUT2D eigenvalue weighted by Gasteiger charge is 2.73. The maximum atomic E-state index is 12.6. The quantitative estimate of drug-likeness (QED) is 0.292. The first kappa shape index (κ1) is 26.9. The van der Waals surface area contributed by atoms with Gasteiger partial charge >= 0.3 is 0 Å². The second kappa shape index (κ2) is 10.6. The lowest BCUT2D eigenvalue weighted by molar-refractivity contribution is -0.200. The third-order valence-electron chi connectivity index (χ3n) is 10.5. The molecule has 2 heterocycles. The van der Waals surface area contributed by atoms with Crippen LogP contribution in [0.2, 0.25) is 0 Å². The highest BCUT2D eigenvalue weighted by Crippen LogP contribution is 2.65. The lowest BCUT2D eigenvalue weighted by atomic mass is 9.48. The minimum absolute atomic E-state index is 0.0522. The normalized spacial score (nSPS) is 30.8. The van der Waals surface area contributed by atoms with E-state index in [1.54, 1.807) is 6.07 Å². The number of aromatic hydroxyl groups is 1. The highest BCUT2D eigenvalue weighted by atomic mass is 16.5. The molecule has 2 aliphatic carbocycles. The molecule has 5 heteroatoms. The maximum absolute atomic E-state index is 12.6. The molecule has 0 radical (unpaired) electrons. The third kappa shape index (κ3) is 4.24. The Kier molecular flexibility index (Phi) is 7.28. The Hall–Kier alpha value is -2.34. The fraction of sp³-hybridized carbons (Fsp3) is 0.588. The number of phenols is 1. The van der Waals surface area contributed by atoms with E-state index in [2.05, 4.69) is 66.6 Å². The number of benzene rings is 2. The van der Waals surface area contributed by atoms with E-state index in [9.17, 15) is 10.2 Å². The van der Waals surface area contributed by atoms with Crippen LogP contribution in [0.4, 0.5) is 0 Å². The Morgan fingerprint density at radius 2 is 1.90 bits per heavy atom. The Bertz CT molecular complexity index is 1180. The van der Waals surface area contributed by atoms with E-state index in [0.717, 1.165) is 57.3 Å². The highest BCUT2D eigenvalue weighted by molar-refractivity contribution is 5.62. The van der Waals surface area contributed by atoms with Crippen LogP contribution in [0.15, 0.2) is 55.1 Å². The fourth-order valence-electron chi connectivity index (χ4n) is 8.76. The van der Waals surface area contributed by atoms with Gasteiger partial charge in [-0.25, -0.2) is 0 Å². The van der Waals surface area contributed by atoms with E-state index >= 15 is 0 Å². The summed E-state index contributed by atoms with van der Waals surface area (Å²) in [6.07, 6.45) is 11.2. The SMILES string of the molecule is C=CCN1CC[C@]23c4c5ccc(O)c4O[C@H]2[C@@H](N(CCCCCCc2ccccc2)C(C)C)CC[C@@]3(O)[C@H]1C5. The zero-order chi connectivity index (χ0) is 27.2. The number of hydrogen-bond donors (Lipinski definition) is 2. The van der Waals surface area contributed by atoms with E-state index in [4.69, 9.17) is 4.74 Å². The van der Waals surface area contributed by atoms with Gasteiger partial charge in [0.2, 0.25) is 0 Å². The van der Waals surface area contributed by atoms with Crippen molar-refractivity contribution in [2.45, 2.75) is 107 Å². The topological polar surface area (TPSA) is 56.2 Å². The van der Waals surface area contributed by atoms with Crippen LogP contribution in [0, 0.1) is 0 Å². The second-order valence-corrected chi connectivity index (χ2v) is 12.7. The monoisotopic (exact) mass is 530 g/mol. The Labute approximate surface area is 234 Å². The van der Waals surface area contributed by atoms with Crippen LogP contribution < -0.4 is 4.74 Å². The Morgan fingerprint density at radius 1 is 1.10 bits per heavy atom. The predicted octanol–water partition coefficient (Wildman–Crippen LogP) is 5.61. The van der Waals surface area contributed by atoms with E-state index in [0.29, 0.717) is 11.8 Å². The van der Waals surface area contributed by atoms with Crippen molar-refractivity contribution in [3.63, 3.8) is 0 Å². The number of aliphatic hydroxyl groups is 1. The van der Waals surface area contributed by atoms with Gasteiger partial charge in [0.1, 0.15) is 6.10 Å². The van der Waals surface area contributed by atoms with Gasteiger partial charge in [-0.15, -0.1) is 6.58 Å². The van der Waals surface area contributed by atoms with Crippen molar-refractivity contribution in [3.05, 3.63) is 71.8 Å². The number of rotatable bonds is 11. The molecule has 1 saturated heterocycles. The molecular formula is C34H46N2O3. The van der Waals surface area contributed by atoms with Gasteiger partial charge in [-0.2, -0.15) is 0 Å². The van der Waals surface area contributed by atoms with Crippen LogP contribution in [-0.2, 0) is 18.3 Å². The Balaban J connectivity index is 1.22. The van der Waals surface area contributed by atoms with Crippen molar-refractivity contribution in [3.8, 4) is 11.5 Å². The number of hydrogen-bond acceptors (Lipinski definition) is 5. The number of phenolic OH excluding ortho intramolecular Hbond substituents is 1. The van der Waals surface area contributed by atoms with Crippen molar-refractivity contribution in [2.24, 2.45) is 0 Å². The smallest absolute Gasteiger partial charge is 0.165 e. The van der Waals surface area contributed by atoms with Gasteiger partial charge < -0.3 is 14.9 Å². The molecule has 4 aliphatic rings. The first-order valence-corrected chi connectivity index (χ1v) is 15.3. The summed E-state index contributed by atoms with van der Waals surface area (Å²) in [6, 6.07) is 15.3. The molecule has 0 amide bonds. The summed E-state index contributed by atoms with van der Waals surface area (Å²) in [5.41, 5.74) is 2.45. The summed E-state index contributed by atoms with van der Waals surface area (Å²) >= 11 is 0. The molecule has 6 rings (SSSR count). The fourth-order valence-corrected chi connectivity index (χ4v) is 8.76. The van der Waals surface area contributed by atoms with Crippen LogP contribution in [0.5, 0.6) is 11.5 Å². The molecule has 1 saturated carbocycles. The lowest BCUT2D eigenvalue weighted by Gasteiger charge is -2.65. The predicted molar refractivity (Wildman–Crippen MR) is 157 cm³/mol. The summed E-state index contributed by atoms with van der Waals surface area (Å²) < 4.78 is 6.82. The zero-order valence-electron chi connectivity index (χ0n) is 23.8. The van der Waals surface area contributed by atoms with Crippen molar-refractivity contribution in [2.75, 3.05) is 19.6 Å². The first-order valence-electron chi connectivity index (χ1n) is 15.3. The van der Waals surface area contributed by atoms with E-state index < -0.39 is 11.0 Å². The van der Waals surface area contributed by atoms with Gasteiger partial charge in [-0.1, -0.05) is 55.3 Å². The number of piperidine rings is 1. The van der Waals surface area contributed by atoms with Crippen LogP contribution >= 0.6 is 0 Å². The van der Waals surface area contributed by atoms with E-state index in [-0.39, 0.29) is 23.9 Å². The van der Waals surface area contributed by atoms with Gasteiger partial charge in [0, 0.05) is 30.2 Å². The molecule has 2 N–H and O–H groups in total. The molecule has 1 spiro atoms. The molecular weight excluding hydrogens is 484 g/mol. The number of ether oxygens (including phenoxy) is 1. The minimum atomic E-state index is -0.860. The average Bonchev–Trinajstić information content (AvgIpc) is 3.28. The van der Waals surface area contributed by atoms with Crippen LogP contribution in [0.3, 0.4) is 0 Å². The van der Waals surface area contributed by atoms with Crippen molar-refractivity contribution >= 4 is 0 Å². The molecule has 5 atom stereocenters. The number of likely N-dealkylation sites (tertiary alicyclic amines) is 1. The molecule has 2 aromatic rings. The summed E-state index contributed by atoms with van der Waals surface area (Å²) in [5, 5.41) is 23.6. The number of unbranched alkanes of at least 4 members (excludes halogenated alkanes) is 3. The minimum Gasteiger partial charge on any atom is -0.504 e. The van der Waals surface area contributed by atoms with Gasteiger partial charge in [0.05, 0.1) is 11.0 Å². The van der Waals surface area contributed by atoms with Crippen LogP contribution in [-0.4, -0.2) is 69.5 Å². The molecule has 5 nitrogen and oxygen atoms in total. The molecule has 0 aromatic heterocycles. The lowest BCUT2D eigenvalue weighted by Crippen LogP contribution is -2.78. The first-order chi connectivity index (χ1) is 18.9. The summed E-state index contributed by atoms with van der Waals surface area (Å²) in [5.74, 6) is 0.864. The molecule has 2 bridgehead atoms. The van der Waals surface area contributed by atoms with Gasteiger partial charge in [0.25, 0.3) is 0 Å². The van der Waals surface area contributed by atoms with E-state index in [1.165, 1.54) is 36.8 Å². The van der Waals surface area contributed by atoms with Crippen LogP contribution in [0.25, 0.3) is 0 Å². The largest absolute Gasteiger partial charge is 0.504 e. The maximum Gasteiger partial charge on any atom is 0.165 e. The van der Waals surface area contributed by atoms with Gasteiger partial charge in [0.15, 0.2) is 11.5 Å². The van der Waals surface area contributed by atoms with Crippen molar-refractivity contribution in [1.82, 2.24) is 9.80 Å². The van der Waals surface area contributed by atoms with Crippen LogP contribution in [0.1, 0.15) is 75.5 Å². The number of nitrogens with zero attached hydrogens (tertiary/aromatic N) is 2.